The van der Waals surface area contributed by atoms with E-state index in [2.05, 4.69) is 15.3 Å². The van der Waals surface area contributed by atoms with Gasteiger partial charge in [-0.15, -0.1) is 0 Å². The van der Waals surface area contributed by atoms with Crippen molar-refractivity contribution in [2.75, 3.05) is 7.11 Å². The Morgan fingerprint density at radius 2 is 2.00 bits per heavy atom. The summed E-state index contributed by atoms with van der Waals surface area (Å²) in [5.41, 5.74) is 2.04. The molecule has 0 bridgehead atoms. The summed E-state index contributed by atoms with van der Waals surface area (Å²) in [6.07, 6.45) is 4.37. The average Bonchev–Trinajstić information content (AvgIpc) is 3.31. The Bertz CT molecular complexity index is 627. The van der Waals surface area contributed by atoms with Gasteiger partial charge >= 0.3 is 6.01 Å². The zero-order valence-electron chi connectivity index (χ0n) is 12.3. The molecule has 5 heteroatoms. The zero-order valence-corrected chi connectivity index (χ0v) is 12.3. The number of hydrogen-bond donors (Lipinski definition) is 1. The van der Waals surface area contributed by atoms with Gasteiger partial charge in [0.25, 0.3) is 0 Å². The van der Waals surface area contributed by atoms with Crippen LogP contribution in [0.5, 0.6) is 17.5 Å². The third-order valence-corrected chi connectivity index (χ3v) is 3.49. The molecule has 1 aliphatic rings. The molecule has 0 amide bonds. The number of para-hydroxylation sites is 2. The molecule has 5 nitrogen and oxygen atoms in total. The van der Waals surface area contributed by atoms with Crippen LogP contribution in [0.4, 0.5) is 0 Å². The maximum atomic E-state index is 5.71. The summed E-state index contributed by atoms with van der Waals surface area (Å²) in [5.74, 6) is 1.28. The second-order valence-electron chi connectivity index (χ2n) is 5.17. The topological polar surface area (TPSA) is 56.3 Å². The highest BCUT2D eigenvalue weighted by Gasteiger charge is 2.20. The van der Waals surface area contributed by atoms with E-state index in [9.17, 15) is 0 Å². The first-order valence-corrected chi connectivity index (χ1v) is 7.13. The van der Waals surface area contributed by atoms with Gasteiger partial charge in [-0.25, -0.2) is 4.98 Å². The van der Waals surface area contributed by atoms with E-state index in [1.54, 1.807) is 7.11 Å². The molecule has 1 fully saturated rings. The molecular weight excluding hydrogens is 266 g/mol. The number of nitrogens with zero attached hydrogens (tertiary/aromatic N) is 2. The quantitative estimate of drug-likeness (QED) is 0.884. The largest absolute Gasteiger partial charge is 0.493 e. The summed E-state index contributed by atoms with van der Waals surface area (Å²) >= 11 is 0. The number of ether oxygens (including phenoxy) is 2. The van der Waals surface area contributed by atoms with E-state index in [1.165, 1.54) is 12.8 Å². The summed E-state index contributed by atoms with van der Waals surface area (Å²) in [7, 11) is 1.61. The van der Waals surface area contributed by atoms with Gasteiger partial charge in [-0.1, -0.05) is 12.1 Å². The number of nitrogens with one attached hydrogen (secondary N) is 1. The molecule has 1 aliphatic carbocycles. The molecule has 0 unspecified atom stereocenters. The van der Waals surface area contributed by atoms with Gasteiger partial charge in [-0.05, 0) is 31.9 Å². The van der Waals surface area contributed by atoms with Crippen LogP contribution in [0.3, 0.4) is 0 Å². The number of benzene rings is 1. The fraction of sp³-hybridized carbons (Fsp3) is 0.375. The third-order valence-electron chi connectivity index (χ3n) is 3.49. The van der Waals surface area contributed by atoms with Crippen molar-refractivity contribution in [1.29, 1.82) is 0 Å². The normalized spacial score (nSPS) is 14.0. The molecule has 110 valence electrons. The number of aromatic nitrogens is 2. The van der Waals surface area contributed by atoms with Crippen LogP contribution >= 0.6 is 0 Å². The number of rotatable bonds is 6. The molecule has 3 rings (SSSR count). The molecule has 0 saturated heterocycles. The molecular formula is C16H19N3O2. The second kappa shape index (κ2) is 6.10. The molecule has 1 aromatic carbocycles. The van der Waals surface area contributed by atoms with E-state index in [0.29, 0.717) is 23.6 Å². The Morgan fingerprint density at radius 3 is 2.67 bits per heavy atom. The van der Waals surface area contributed by atoms with E-state index < -0.39 is 0 Å². The van der Waals surface area contributed by atoms with Crippen molar-refractivity contribution in [3.63, 3.8) is 0 Å². The van der Waals surface area contributed by atoms with Crippen LogP contribution in [-0.2, 0) is 6.54 Å². The summed E-state index contributed by atoms with van der Waals surface area (Å²) in [6, 6.07) is 8.47. The first-order valence-electron chi connectivity index (χ1n) is 7.13. The average molecular weight is 285 g/mol. The second-order valence-corrected chi connectivity index (χ2v) is 5.17. The van der Waals surface area contributed by atoms with Crippen LogP contribution in [0.2, 0.25) is 0 Å². The van der Waals surface area contributed by atoms with Gasteiger partial charge in [0.05, 0.1) is 7.11 Å². The lowest BCUT2D eigenvalue weighted by Gasteiger charge is -2.10. The first kappa shape index (κ1) is 13.8. The number of methoxy groups -OCH3 is 1. The van der Waals surface area contributed by atoms with E-state index in [4.69, 9.17) is 9.47 Å². The Morgan fingerprint density at radius 1 is 1.24 bits per heavy atom. The molecule has 1 saturated carbocycles. The van der Waals surface area contributed by atoms with Crippen molar-refractivity contribution in [3.05, 3.63) is 41.7 Å². The summed E-state index contributed by atoms with van der Waals surface area (Å²) in [5, 5.41) is 3.46. The van der Waals surface area contributed by atoms with Crippen molar-refractivity contribution in [1.82, 2.24) is 15.3 Å². The molecule has 0 radical (unpaired) electrons. The molecule has 0 atom stereocenters. The molecule has 1 N–H and O–H groups in total. The minimum Gasteiger partial charge on any atom is -0.493 e. The van der Waals surface area contributed by atoms with Crippen LogP contribution < -0.4 is 14.8 Å². The predicted octanol–water partition coefficient (Wildman–Crippen LogP) is 2.84. The fourth-order valence-corrected chi connectivity index (χ4v) is 2.04. The highest BCUT2D eigenvalue weighted by molar-refractivity contribution is 5.40. The molecule has 1 aromatic heterocycles. The van der Waals surface area contributed by atoms with Gasteiger partial charge in [-0.2, -0.15) is 4.98 Å². The Labute approximate surface area is 124 Å². The van der Waals surface area contributed by atoms with Crippen molar-refractivity contribution >= 4 is 0 Å². The van der Waals surface area contributed by atoms with E-state index in [0.717, 1.165) is 17.8 Å². The van der Waals surface area contributed by atoms with Gasteiger partial charge in [0.1, 0.15) is 0 Å². The maximum Gasteiger partial charge on any atom is 0.322 e. The Balaban J connectivity index is 1.71. The van der Waals surface area contributed by atoms with Crippen molar-refractivity contribution in [2.45, 2.75) is 32.4 Å². The minimum absolute atomic E-state index is 0.340. The van der Waals surface area contributed by atoms with Crippen LogP contribution in [0.15, 0.2) is 30.5 Å². The van der Waals surface area contributed by atoms with Gasteiger partial charge in [-0.3, -0.25) is 0 Å². The van der Waals surface area contributed by atoms with Crippen LogP contribution in [0, 0.1) is 6.92 Å². The maximum absolute atomic E-state index is 5.71. The summed E-state index contributed by atoms with van der Waals surface area (Å²) in [4.78, 5) is 8.69. The molecule has 0 aliphatic heterocycles. The van der Waals surface area contributed by atoms with Crippen molar-refractivity contribution < 1.29 is 9.47 Å². The Hall–Kier alpha value is -2.14. The lowest BCUT2D eigenvalue weighted by molar-refractivity contribution is 0.367. The van der Waals surface area contributed by atoms with Crippen LogP contribution in [0.1, 0.15) is 24.1 Å². The summed E-state index contributed by atoms with van der Waals surface area (Å²) < 4.78 is 11.0. The van der Waals surface area contributed by atoms with Crippen LogP contribution in [-0.4, -0.2) is 23.1 Å². The zero-order chi connectivity index (χ0) is 14.7. The minimum atomic E-state index is 0.340. The molecule has 1 heterocycles. The SMILES string of the molecule is COc1ccccc1Oc1ncc(CNC2CC2)c(C)n1. The van der Waals surface area contributed by atoms with Gasteiger partial charge in [0, 0.05) is 30.0 Å². The van der Waals surface area contributed by atoms with Crippen LogP contribution in [0.25, 0.3) is 0 Å². The van der Waals surface area contributed by atoms with Crippen molar-refractivity contribution in [3.8, 4) is 17.5 Å². The highest BCUT2D eigenvalue weighted by atomic mass is 16.5. The van der Waals surface area contributed by atoms with E-state index in [1.807, 2.05) is 37.4 Å². The number of hydrogen-bond acceptors (Lipinski definition) is 5. The Kier molecular flexibility index (Phi) is 4.01. The lowest BCUT2D eigenvalue weighted by atomic mass is 10.2. The van der Waals surface area contributed by atoms with Gasteiger partial charge in [0.2, 0.25) is 0 Å². The highest BCUT2D eigenvalue weighted by Crippen LogP contribution is 2.29. The predicted molar refractivity (Wildman–Crippen MR) is 79.7 cm³/mol. The first-order chi connectivity index (χ1) is 10.3. The lowest BCUT2D eigenvalue weighted by Crippen LogP contribution is -2.16. The standard InChI is InChI=1S/C16H19N3O2/c1-11-12(9-17-13-7-8-13)10-18-16(19-11)21-15-6-4-3-5-14(15)20-2/h3-6,10,13,17H,7-9H2,1-2H3. The summed E-state index contributed by atoms with van der Waals surface area (Å²) in [6.45, 7) is 2.78. The molecule has 0 spiro atoms. The molecule has 21 heavy (non-hydrogen) atoms. The van der Waals surface area contributed by atoms with Gasteiger partial charge in [0.15, 0.2) is 11.5 Å². The third kappa shape index (κ3) is 3.49. The monoisotopic (exact) mass is 285 g/mol. The van der Waals surface area contributed by atoms with Crippen molar-refractivity contribution in [2.24, 2.45) is 0 Å². The van der Waals surface area contributed by atoms with E-state index >= 15 is 0 Å². The van der Waals surface area contributed by atoms with Gasteiger partial charge < -0.3 is 14.8 Å². The fourth-order valence-electron chi connectivity index (χ4n) is 2.04. The smallest absolute Gasteiger partial charge is 0.322 e. The number of aryl methyl sites for hydroxylation is 1. The molecule has 2 aromatic rings. The van der Waals surface area contributed by atoms with E-state index in [-0.39, 0.29) is 0 Å².